The minimum atomic E-state index is -0.476. The highest BCUT2D eigenvalue weighted by Gasteiger charge is 1.93. The Kier molecular flexibility index (Phi) is 4.96. The molecule has 2 aromatic rings. The fourth-order valence-corrected chi connectivity index (χ4v) is 1.01. The van der Waals surface area contributed by atoms with Crippen molar-refractivity contribution >= 4 is 17.5 Å². The zero-order chi connectivity index (χ0) is 14.3. The summed E-state index contributed by atoms with van der Waals surface area (Å²) in [6.07, 6.45) is 2.68. The molecule has 100 valence electrons. The van der Waals surface area contributed by atoms with Gasteiger partial charge in [-0.05, 0) is 12.1 Å². The number of hydrogen-bond donors (Lipinski definition) is 4. The lowest BCUT2D eigenvalue weighted by Crippen LogP contribution is -2.14. The normalized spacial score (nSPS) is 9.11. The van der Waals surface area contributed by atoms with E-state index in [1.807, 2.05) is 0 Å². The molecule has 9 heteroatoms. The number of aromatic nitrogens is 4. The molecule has 19 heavy (non-hydrogen) atoms. The van der Waals surface area contributed by atoms with E-state index in [1.54, 1.807) is 0 Å². The monoisotopic (exact) mass is 264 g/mol. The average molecular weight is 264 g/mol. The van der Waals surface area contributed by atoms with Crippen molar-refractivity contribution in [1.29, 1.82) is 0 Å². The molecule has 0 saturated heterocycles. The molecule has 5 N–H and O–H groups in total. The molecule has 0 saturated carbocycles. The number of H-pyrrole nitrogens is 2. The topological polar surface area (TPSA) is 147 Å². The largest absolute Gasteiger partial charge is 0.385 e. The van der Waals surface area contributed by atoms with Gasteiger partial charge in [-0.3, -0.25) is 14.8 Å². The molecule has 0 fully saturated rings. The molecule has 0 radical (unpaired) electrons. The quantitative estimate of drug-likeness (QED) is 0.523. The summed E-state index contributed by atoms with van der Waals surface area (Å²) in [7, 11) is 0. The van der Waals surface area contributed by atoms with Crippen molar-refractivity contribution in [2.45, 2.75) is 6.92 Å². The van der Waals surface area contributed by atoms with Crippen LogP contribution >= 0.6 is 0 Å². The third-order valence-electron chi connectivity index (χ3n) is 1.68. The lowest BCUT2D eigenvalue weighted by molar-refractivity contribution is -0.114. The van der Waals surface area contributed by atoms with Gasteiger partial charge in [-0.2, -0.15) is 0 Å². The predicted octanol–water partition coefficient (Wildman–Crippen LogP) is -0.920. The maximum Gasteiger partial charge on any atom is 0.346 e. The second-order valence-electron chi connectivity index (χ2n) is 3.30. The van der Waals surface area contributed by atoms with Crippen molar-refractivity contribution in [3.05, 3.63) is 45.5 Å². The van der Waals surface area contributed by atoms with Gasteiger partial charge in [-0.1, -0.05) is 0 Å². The third kappa shape index (κ3) is 5.77. The van der Waals surface area contributed by atoms with E-state index in [9.17, 15) is 14.4 Å². The zero-order valence-electron chi connectivity index (χ0n) is 10.0. The molecule has 0 spiro atoms. The van der Waals surface area contributed by atoms with Crippen LogP contribution in [-0.2, 0) is 4.79 Å². The van der Waals surface area contributed by atoms with Crippen molar-refractivity contribution in [2.75, 3.05) is 11.1 Å². The van der Waals surface area contributed by atoms with Crippen LogP contribution in [0.25, 0.3) is 0 Å². The van der Waals surface area contributed by atoms with Gasteiger partial charge in [0, 0.05) is 19.3 Å². The molecular weight excluding hydrogens is 252 g/mol. The minimum absolute atomic E-state index is 0.230. The van der Waals surface area contributed by atoms with Gasteiger partial charge < -0.3 is 11.1 Å². The fraction of sp³-hybridized carbons (Fsp3) is 0.100. The number of nitrogen functional groups attached to an aromatic ring is 1. The molecule has 2 heterocycles. The second kappa shape index (κ2) is 6.69. The molecule has 0 unspecified atom stereocenters. The Labute approximate surface area is 106 Å². The van der Waals surface area contributed by atoms with Crippen molar-refractivity contribution in [3.8, 4) is 0 Å². The van der Waals surface area contributed by atoms with Gasteiger partial charge in [-0.15, -0.1) is 0 Å². The van der Waals surface area contributed by atoms with Gasteiger partial charge in [0.2, 0.25) is 5.91 Å². The summed E-state index contributed by atoms with van der Waals surface area (Å²) in [5, 5.41) is 2.41. The fourth-order valence-electron chi connectivity index (χ4n) is 1.01. The van der Waals surface area contributed by atoms with E-state index in [0.717, 1.165) is 0 Å². The Balaban J connectivity index is 0.000000200. The molecule has 0 aliphatic carbocycles. The first-order valence-corrected chi connectivity index (χ1v) is 5.11. The standard InChI is InChI=1S/C6H7N3O2.C4H5N3O/c1-4(10)8-5-2-3-7-6(11)9-5;5-3-1-2-6-4(8)7-3/h2-3H,1H3,(H2,7,8,9,10,11);1-2H,(H3,5,6,7,8). The SMILES string of the molecule is CC(=O)Nc1ccnc(=O)[nH]1.Nc1ccnc(=O)[nH]1. The van der Waals surface area contributed by atoms with Gasteiger partial charge in [-0.25, -0.2) is 19.6 Å². The summed E-state index contributed by atoms with van der Waals surface area (Å²) >= 11 is 0. The number of amides is 1. The number of nitrogens with two attached hydrogens (primary N) is 1. The summed E-state index contributed by atoms with van der Waals surface area (Å²) in [4.78, 5) is 42.6. The van der Waals surface area contributed by atoms with E-state index in [2.05, 4.69) is 25.3 Å². The third-order valence-corrected chi connectivity index (χ3v) is 1.68. The number of nitrogens with one attached hydrogen (secondary N) is 3. The molecule has 0 aliphatic rings. The van der Waals surface area contributed by atoms with E-state index in [-0.39, 0.29) is 5.91 Å². The number of aromatic amines is 2. The highest BCUT2D eigenvalue weighted by molar-refractivity contribution is 5.87. The van der Waals surface area contributed by atoms with Crippen molar-refractivity contribution in [2.24, 2.45) is 0 Å². The van der Waals surface area contributed by atoms with Crippen molar-refractivity contribution in [3.63, 3.8) is 0 Å². The second-order valence-corrected chi connectivity index (χ2v) is 3.30. The Bertz CT molecular complexity index is 662. The van der Waals surface area contributed by atoms with Gasteiger partial charge in [0.05, 0.1) is 0 Å². The Morgan fingerprint density at radius 1 is 1.16 bits per heavy atom. The number of carbonyl (C=O) groups is 1. The van der Waals surface area contributed by atoms with Crippen molar-refractivity contribution in [1.82, 2.24) is 19.9 Å². The van der Waals surface area contributed by atoms with Crippen LogP contribution in [0.15, 0.2) is 34.1 Å². The molecule has 0 aliphatic heterocycles. The number of carbonyl (C=O) groups excluding carboxylic acids is 1. The Hall–Kier alpha value is -2.97. The van der Waals surface area contributed by atoms with E-state index in [4.69, 9.17) is 5.73 Å². The summed E-state index contributed by atoms with van der Waals surface area (Å²) < 4.78 is 0. The maximum absolute atomic E-state index is 10.6. The van der Waals surface area contributed by atoms with Crippen LogP contribution in [0.3, 0.4) is 0 Å². The first kappa shape index (κ1) is 14.1. The summed E-state index contributed by atoms with van der Waals surface area (Å²) in [6, 6.07) is 3.02. The van der Waals surface area contributed by atoms with Crippen molar-refractivity contribution < 1.29 is 4.79 Å². The summed E-state index contributed by atoms with van der Waals surface area (Å²) in [6.45, 7) is 1.36. The van der Waals surface area contributed by atoms with Crippen LogP contribution < -0.4 is 22.4 Å². The molecule has 0 aromatic carbocycles. The first-order valence-electron chi connectivity index (χ1n) is 5.11. The summed E-state index contributed by atoms with van der Waals surface area (Å²) in [5.41, 5.74) is 4.28. The van der Waals surface area contributed by atoms with E-state index in [1.165, 1.54) is 31.5 Å². The highest BCUT2D eigenvalue weighted by Crippen LogP contribution is 1.93. The molecular formula is C10H12N6O3. The smallest absolute Gasteiger partial charge is 0.346 e. The molecule has 0 bridgehead atoms. The number of hydrogen-bond acceptors (Lipinski definition) is 6. The summed E-state index contributed by atoms with van der Waals surface area (Å²) in [5.74, 6) is 0.467. The van der Waals surface area contributed by atoms with E-state index in [0.29, 0.717) is 11.6 Å². The Morgan fingerprint density at radius 3 is 2.16 bits per heavy atom. The number of nitrogens with zero attached hydrogens (tertiary/aromatic N) is 2. The first-order chi connectivity index (χ1) is 8.97. The molecule has 9 nitrogen and oxygen atoms in total. The van der Waals surface area contributed by atoms with E-state index < -0.39 is 11.4 Å². The Morgan fingerprint density at radius 2 is 1.74 bits per heavy atom. The lowest BCUT2D eigenvalue weighted by atomic mass is 10.5. The predicted molar refractivity (Wildman–Crippen MR) is 68.4 cm³/mol. The molecule has 0 atom stereocenters. The molecule has 2 rings (SSSR count). The zero-order valence-corrected chi connectivity index (χ0v) is 10.0. The minimum Gasteiger partial charge on any atom is -0.385 e. The maximum atomic E-state index is 10.6. The lowest BCUT2D eigenvalue weighted by Gasteiger charge is -1.97. The van der Waals surface area contributed by atoms with Crippen LogP contribution in [0.4, 0.5) is 11.6 Å². The van der Waals surface area contributed by atoms with Gasteiger partial charge in [0.15, 0.2) is 0 Å². The van der Waals surface area contributed by atoms with Gasteiger partial charge >= 0.3 is 11.4 Å². The average Bonchev–Trinajstić information content (AvgIpc) is 2.28. The van der Waals surface area contributed by atoms with Crippen LogP contribution in [0.2, 0.25) is 0 Å². The van der Waals surface area contributed by atoms with Crippen LogP contribution in [0.5, 0.6) is 0 Å². The molecule has 1 amide bonds. The number of anilines is 2. The van der Waals surface area contributed by atoms with Gasteiger partial charge in [0.1, 0.15) is 11.6 Å². The van der Waals surface area contributed by atoms with Gasteiger partial charge in [0.25, 0.3) is 0 Å². The van der Waals surface area contributed by atoms with E-state index >= 15 is 0 Å². The molecule has 2 aromatic heterocycles. The van der Waals surface area contributed by atoms with Crippen LogP contribution in [-0.4, -0.2) is 25.8 Å². The number of rotatable bonds is 1. The van der Waals surface area contributed by atoms with Crippen LogP contribution in [0.1, 0.15) is 6.92 Å². The van der Waals surface area contributed by atoms with Crippen LogP contribution in [0, 0.1) is 0 Å². The highest BCUT2D eigenvalue weighted by atomic mass is 16.2.